The topological polar surface area (TPSA) is 82.3 Å². The Morgan fingerprint density at radius 3 is 2.09 bits per heavy atom. The number of benzene rings is 4. The van der Waals surface area contributed by atoms with Crippen molar-refractivity contribution in [3.8, 4) is 0 Å². The molecule has 6 nitrogen and oxygen atoms in total. The number of rotatable bonds is 12. The van der Waals surface area contributed by atoms with Crippen molar-refractivity contribution in [2.75, 3.05) is 25.0 Å². The van der Waals surface area contributed by atoms with Crippen LogP contribution in [0.25, 0.3) is 10.8 Å². The van der Waals surface area contributed by atoms with E-state index in [2.05, 4.69) is 21.3 Å². The van der Waals surface area contributed by atoms with E-state index in [-0.39, 0.29) is 35.2 Å². The molecule has 0 radical (unpaired) electrons. The quantitative estimate of drug-likeness (QED) is 0.112. The Kier molecular flexibility index (Phi) is 11.6. The molecule has 0 saturated heterocycles. The molecule has 0 fully saturated rings. The molecule has 0 aromatic heterocycles. The maximum Gasteiger partial charge on any atom is 0.416 e. The van der Waals surface area contributed by atoms with E-state index in [0.29, 0.717) is 30.7 Å². The van der Waals surface area contributed by atoms with Crippen LogP contribution in [0.15, 0.2) is 78.9 Å². The van der Waals surface area contributed by atoms with Gasteiger partial charge in [-0.05, 0) is 53.8 Å². The lowest BCUT2D eigenvalue weighted by Crippen LogP contribution is -2.45. The number of hydrogen-bond acceptors (Lipinski definition) is 4. The number of alkyl halides is 6. The second-order valence-corrected chi connectivity index (χ2v) is 11.5. The molecule has 4 rings (SSSR count). The highest BCUT2D eigenvalue weighted by atomic mass is 35.5. The highest BCUT2D eigenvalue weighted by molar-refractivity contribution is 6.42. The normalized spacial score (nSPS) is 13.2. The van der Waals surface area contributed by atoms with Gasteiger partial charge in [-0.15, -0.1) is 0 Å². The second-order valence-electron chi connectivity index (χ2n) is 10.7. The van der Waals surface area contributed by atoms with Crippen LogP contribution in [0.2, 0.25) is 10.0 Å². The van der Waals surface area contributed by atoms with E-state index >= 15 is 0 Å². The van der Waals surface area contributed by atoms with Crippen molar-refractivity contribution < 1.29 is 35.9 Å². The van der Waals surface area contributed by atoms with Gasteiger partial charge in [0.1, 0.15) is 0 Å². The maximum absolute atomic E-state index is 13.3. The van der Waals surface area contributed by atoms with Crippen molar-refractivity contribution in [2.45, 2.75) is 37.8 Å². The molecule has 0 aliphatic carbocycles. The lowest BCUT2D eigenvalue weighted by molar-refractivity contribution is -0.143. The molecule has 2 atom stereocenters. The molecule has 4 N–H and O–H groups in total. The van der Waals surface area contributed by atoms with Crippen molar-refractivity contribution in [1.82, 2.24) is 16.0 Å². The summed E-state index contributed by atoms with van der Waals surface area (Å²) >= 11 is 12.2. The molecule has 14 heteroatoms. The third kappa shape index (κ3) is 9.75. The summed E-state index contributed by atoms with van der Waals surface area (Å²) in [5.74, 6) is -1.69. The lowest BCUT2D eigenvalue weighted by Gasteiger charge is -2.23. The Hall–Kier alpha value is -4.00. The fourth-order valence-corrected chi connectivity index (χ4v) is 5.13. The van der Waals surface area contributed by atoms with Crippen LogP contribution in [0.3, 0.4) is 0 Å². The molecular formula is C33H30Cl2F6N4O2. The van der Waals surface area contributed by atoms with Crippen LogP contribution < -0.4 is 21.3 Å². The summed E-state index contributed by atoms with van der Waals surface area (Å²) in [6.07, 6.45) is -9.57. The minimum absolute atomic E-state index is 0.0658. The third-order valence-electron chi connectivity index (χ3n) is 7.37. The molecule has 47 heavy (non-hydrogen) atoms. The molecular weight excluding hydrogens is 669 g/mol. The molecule has 4 aromatic carbocycles. The van der Waals surface area contributed by atoms with Gasteiger partial charge < -0.3 is 21.3 Å². The smallest absolute Gasteiger partial charge is 0.383 e. The van der Waals surface area contributed by atoms with E-state index in [1.165, 1.54) is 18.2 Å². The van der Waals surface area contributed by atoms with Crippen LogP contribution in [-0.2, 0) is 17.1 Å². The predicted molar refractivity (Wildman–Crippen MR) is 171 cm³/mol. The number of halogens is 8. The molecule has 250 valence electrons. The van der Waals surface area contributed by atoms with Gasteiger partial charge in [-0.1, -0.05) is 72.6 Å². The summed E-state index contributed by atoms with van der Waals surface area (Å²) in [6.45, 7) is 1.93. The van der Waals surface area contributed by atoms with Crippen LogP contribution in [0.4, 0.5) is 32.0 Å². The van der Waals surface area contributed by atoms with E-state index in [4.69, 9.17) is 23.2 Å². The number of carbonyl (C=O) groups excluding carboxylic acids is 2. The number of fused-ring (bicyclic) bond motifs is 1. The molecule has 0 aliphatic rings. The summed E-state index contributed by atoms with van der Waals surface area (Å²) in [4.78, 5) is 25.9. The first-order chi connectivity index (χ1) is 22.2. The summed E-state index contributed by atoms with van der Waals surface area (Å²) in [5, 5.41) is 14.1. The van der Waals surface area contributed by atoms with Crippen molar-refractivity contribution >= 4 is 51.5 Å². The number of hydrogen-bond donors (Lipinski definition) is 4. The Bertz CT molecular complexity index is 1690. The lowest BCUT2D eigenvalue weighted by atomic mass is 10.0. The average Bonchev–Trinajstić information content (AvgIpc) is 3.03. The fourth-order valence-electron chi connectivity index (χ4n) is 4.82. The largest absolute Gasteiger partial charge is 0.416 e. The Morgan fingerprint density at radius 1 is 0.787 bits per heavy atom. The summed E-state index contributed by atoms with van der Waals surface area (Å²) < 4.78 is 79.9. The summed E-state index contributed by atoms with van der Waals surface area (Å²) in [7, 11) is 0. The van der Waals surface area contributed by atoms with Gasteiger partial charge in [0.15, 0.2) is 0 Å². The van der Waals surface area contributed by atoms with E-state index in [0.717, 1.165) is 16.5 Å². The molecule has 2 unspecified atom stereocenters. The van der Waals surface area contributed by atoms with Crippen molar-refractivity contribution in [2.24, 2.45) is 0 Å². The van der Waals surface area contributed by atoms with Crippen molar-refractivity contribution in [3.63, 3.8) is 0 Å². The van der Waals surface area contributed by atoms with Crippen molar-refractivity contribution in [1.29, 1.82) is 0 Å². The Morgan fingerprint density at radius 2 is 1.45 bits per heavy atom. The van der Waals surface area contributed by atoms with Gasteiger partial charge in [-0.25, -0.2) is 0 Å². The van der Waals surface area contributed by atoms with Crippen LogP contribution in [0.1, 0.15) is 46.4 Å². The van der Waals surface area contributed by atoms with E-state index in [1.54, 1.807) is 0 Å². The standard InChI is InChI=1S/C33H30Cl2F6N4O2/c1-2-24(16-43-28-9-5-7-19-6-3-4-8-25(19)28)42-18-30(46)45-29(20-10-11-26(34)27(35)14-20)17-44-31(47)21-12-22(32(36,37)38)15-23(13-21)33(39,40)41/h3-15,24,29,42-43H,2,16-18H2,1H3,(H,44,47)(H,45,46). The van der Waals surface area contributed by atoms with Gasteiger partial charge >= 0.3 is 12.4 Å². The van der Waals surface area contributed by atoms with Gasteiger partial charge in [-0.3, -0.25) is 9.59 Å². The van der Waals surface area contributed by atoms with Gasteiger partial charge in [0.05, 0.1) is 33.8 Å². The zero-order chi connectivity index (χ0) is 34.4. The average molecular weight is 700 g/mol. The summed E-state index contributed by atoms with van der Waals surface area (Å²) in [6, 6.07) is 17.7. The minimum Gasteiger partial charge on any atom is -0.383 e. The summed E-state index contributed by atoms with van der Waals surface area (Å²) in [5.41, 5.74) is -2.78. The predicted octanol–water partition coefficient (Wildman–Crippen LogP) is 8.25. The van der Waals surface area contributed by atoms with Gasteiger partial charge in [-0.2, -0.15) is 26.3 Å². The number of carbonyl (C=O) groups is 2. The van der Waals surface area contributed by atoms with Crippen LogP contribution >= 0.6 is 23.2 Å². The Balaban J connectivity index is 1.44. The first-order valence-electron chi connectivity index (χ1n) is 14.4. The van der Waals surface area contributed by atoms with Crippen molar-refractivity contribution in [3.05, 3.63) is 111 Å². The van der Waals surface area contributed by atoms with Crippen LogP contribution in [0.5, 0.6) is 0 Å². The number of nitrogens with one attached hydrogen (secondary N) is 4. The third-order valence-corrected chi connectivity index (χ3v) is 8.11. The number of amides is 2. The highest BCUT2D eigenvalue weighted by Gasteiger charge is 2.37. The monoisotopic (exact) mass is 698 g/mol. The fraction of sp³-hybridized carbons (Fsp3) is 0.273. The number of anilines is 1. The first kappa shape index (κ1) is 35.8. The van der Waals surface area contributed by atoms with Gasteiger partial charge in [0.2, 0.25) is 5.91 Å². The SMILES string of the molecule is CCC(CNc1cccc2ccccc12)NCC(=O)NC(CNC(=O)c1cc(C(F)(F)F)cc(C(F)(F)F)c1)c1ccc(Cl)c(Cl)c1. The first-order valence-corrected chi connectivity index (χ1v) is 15.2. The molecule has 0 bridgehead atoms. The second kappa shape index (κ2) is 15.3. The van der Waals surface area contributed by atoms with Crippen LogP contribution in [0, 0.1) is 0 Å². The molecule has 0 spiro atoms. The van der Waals surface area contributed by atoms with Gasteiger partial charge in [0, 0.05) is 35.8 Å². The zero-order valence-electron chi connectivity index (χ0n) is 24.8. The highest BCUT2D eigenvalue weighted by Crippen LogP contribution is 2.36. The van der Waals surface area contributed by atoms with Crippen LogP contribution in [-0.4, -0.2) is 37.5 Å². The Labute approximate surface area is 276 Å². The van der Waals surface area contributed by atoms with Gasteiger partial charge in [0.25, 0.3) is 5.91 Å². The molecule has 0 heterocycles. The zero-order valence-corrected chi connectivity index (χ0v) is 26.3. The molecule has 0 saturated carbocycles. The molecule has 0 aliphatic heterocycles. The van der Waals surface area contributed by atoms with E-state index in [1.807, 2.05) is 49.4 Å². The minimum atomic E-state index is -5.12. The van der Waals surface area contributed by atoms with E-state index < -0.39 is 46.9 Å². The maximum atomic E-state index is 13.3. The molecule has 4 aromatic rings. The van der Waals surface area contributed by atoms with E-state index in [9.17, 15) is 35.9 Å². The molecule has 2 amide bonds.